The van der Waals surface area contributed by atoms with Crippen LogP contribution in [0.25, 0.3) is 0 Å². The zero-order chi connectivity index (χ0) is 18.7. The van der Waals surface area contributed by atoms with Crippen LogP contribution < -0.4 is 9.46 Å². The SMILES string of the molecule is Cc1ccc(S(=O)(=O)Nc2ccc(OC3CCCC3)cc2)cc1C(=O)O. The fourth-order valence-corrected chi connectivity index (χ4v) is 4.10. The van der Waals surface area contributed by atoms with Crippen molar-refractivity contribution in [1.82, 2.24) is 0 Å². The highest BCUT2D eigenvalue weighted by molar-refractivity contribution is 7.92. The van der Waals surface area contributed by atoms with Gasteiger partial charge in [0, 0.05) is 5.69 Å². The maximum Gasteiger partial charge on any atom is 0.335 e. The molecule has 7 heteroatoms. The molecule has 2 aromatic carbocycles. The van der Waals surface area contributed by atoms with Crippen LogP contribution in [0.15, 0.2) is 47.4 Å². The van der Waals surface area contributed by atoms with Gasteiger partial charge >= 0.3 is 5.97 Å². The Bertz CT molecular complexity index is 900. The summed E-state index contributed by atoms with van der Waals surface area (Å²) in [6, 6.07) is 10.8. The Morgan fingerprint density at radius 1 is 1.12 bits per heavy atom. The standard InChI is InChI=1S/C19H21NO5S/c1-13-6-11-17(12-18(13)19(21)22)26(23,24)20-14-7-9-16(10-8-14)25-15-4-2-3-5-15/h6-12,15,20H,2-5H2,1H3,(H,21,22). The normalized spacial score (nSPS) is 15.0. The lowest BCUT2D eigenvalue weighted by atomic mass is 10.1. The number of aryl methyl sites for hydroxylation is 1. The summed E-state index contributed by atoms with van der Waals surface area (Å²) in [5, 5.41) is 9.16. The molecule has 26 heavy (non-hydrogen) atoms. The molecule has 2 N–H and O–H groups in total. The first kappa shape index (κ1) is 18.3. The molecule has 1 saturated carbocycles. The summed E-state index contributed by atoms with van der Waals surface area (Å²) in [6.45, 7) is 1.62. The van der Waals surface area contributed by atoms with Crippen LogP contribution in [0.3, 0.4) is 0 Å². The molecule has 0 radical (unpaired) electrons. The maximum absolute atomic E-state index is 12.5. The number of carboxylic acid groups (broad SMARTS) is 1. The zero-order valence-corrected chi connectivity index (χ0v) is 15.3. The van der Waals surface area contributed by atoms with Crippen LogP contribution in [0, 0.1) is 6.92 Å². The van der Waals surface area contributed by atoms with Crippen LogP contribution in [0.2, 0.25) is 0 Å². The van der Waals surface area contributed by atoms with E-state index in [9.17, 15) is 13.2 Å². The van der Waals surface area contributed by atoms with Gasteiger partial charge in [-0.15, -0.1) is 0 Å². The molecule has 138 valence electrons. The van der Waals surface area contributed by atoms with Crippen molar-refractivity contribution in [3.8, 4) is 5.75 Å². The molecule has 0 aliphatic heterocycles. The van der Waals surface area contributed by atoms with Crippen molar-refractivity contribution in [3.63, 3.8) is 0 Å². The van der Waals surface area contributed by atoms with Crippen LogP contribution in [-0.2, 0) is 10.0 Å². The second-order valence-electron chi connectivity index (χ2n) is 6.44. The van der Waals surface area contributed by atoms with Gasteiger partial charge in [-0.3, -0.25) is 4.72 Å². The third kappa shape index (κ3) is 4.16. The van der Waals surface area contributed by atoms with Crippen LogP contribution >= 0.6 is 0 Å². The van der Waals surface area contributed by atoms with Gasteiger partial charge in [-0.05, 0) is 74.6 Å². The third-order valence-corrected chi connectivity index (χ3v) is 5.84. The summed E-state index contributed by atoms with van der Waals surface area (Å²) in [7, 11) is -3.88. The van der Waals surface area contributed by atoms with Gasteiger partial charge in [-0.2, -0.15) is 0 Å². The van der Waals surface area contributed by atoms with Crippen molar-refractivity contribution in [2.24, 2.45) is 0 Å². The number of rotatable bonds is 6. The molecule has 3 rings (SSSR count). The largest absolute Gasteiger partial charge is 0.490 e. The number of carbonyl (C=O) groups is 1. The number of hydrogen-bond acceptors (Lipinski definition) is 4. The average molecular weight is 375 g/mol. The van der Waals surface area contributed by atoms with E-state index in [1.54, 1.807) is 31.2 Å². The van der Waals surface area contributed by atoms with Crippen molar-refractivity contribution in [2.75, 3.05) is 4.72 Å². The number of aromatic carboxylic acids is 1. The first-order valence-electron chi connectivity index (χ1n) is 8.49. The van der Waals surface area contributed by atoms with Crippen molar-refractivity contribution < 1.29 is 23.1 Å². The van der Waals surface area contributed by atoms with Gasteiger partial charge < -0.3 is 9.84 Å². The molecule has 2 aromatic rings. The molecule has 0 bridgehead atoms. The number of carboxylic acids is 1. The zero-order valence-electron chi connectivity index (χ0n) is 14.4. The van der Waals surface area contributed by atoms with Gasteiger partial charge in [-0.1, -0.05) is 6.07 Å². The number of nitrogens with one attached hydrogen (secondary N) is 1. The topological polar surface area (TPSA) is 92.7 Å². The van der Waals surface area contributed by atoms with Crippen LogP contribution in [0.4, 0.5) is 5.69 Å². The predicted octanol–water partition coefficient (Wildman–Crippen LogP) is 3.82. The first-order chi connectivity index (χ1) is 12.3. The number of benzene rings is 2. The van der Waals surface area contributed by atoms with Gasteiger partial charge in [-0.25, -0.2) is 13.2 Å². The average Bonchev–Trinajstić information content (AvgIpc) is 3.09. The maximum atomic E-state index is 12.5. The highest BCUT2D eigenvalue weighted by Gasteiger charge is 2.19. The summed E-state index contributed by atoms with van der Waals surface area (Å²) in [5.41, 5.74) is 0.860. The van der Waals surface area contributed by atoms with Crippen LogP contribution in [-0.4, -0.2) is 25.6 Å². The van der Waals surface area contributed by atoms with E-state index in [1.807, 2.05) is 0 Å². The predicted molar refractivity (Wildman–Crippen MR) is 98.3 cm³/mol. The molecule has 0 aromatic heterocycles. The van der Waals surface area contributed by atoms with Gasteiger partial charge in [0.1, 0.15) is 5.75 Å². The monoisotopic (exact) mass is 375 g/mol. The van der Waals surface area contributed by atoms with Crippen LogP contribution in [0.5, 0.6) is 5.75 Å². The quantitative estimate of drug-likeness (QED) is 0.801. The number of anilines is 1. The van der Waals surface area contributed by atoms with E-state index in [0.717, 1.165) is 18.9 Å². The Kier molecular flexibility index (Phi) is 5.18. The van der Waals surface area contributed by atoms with Gasteiger partial charge in [0.2, 0.25) is 0 Å². The summed E-state index contributed by atoms with van der Waals surface area (Å²) in [5.74, 6) is -0.448. The summed E-state index contributed by atoms with van der Waals surface area (Å²) >= 11 is 0. The molecular formula is C19H21NO5S. The number of sulfonamides is 1. The lowest BCUT2D eigenvalue weighted by molar-refractivity contribution is 0.0696. The van der Waals surface area contributed by atoms with Crippen LogP contribution in [0.1, 0.15) is 41.6 Å². The first-order valence-corrected chi connectivity index (χ1v) is 9.97. The molecule has 1 aliphatic rings. The minimum Gasteiger partial charge on any atom is -0.490 e. The molecule has 0 heterocycles. The molecule has 1 aliphatic carbocycles. The van der Waals surface area contributed by atoms with Crippen molar-refractivity contribution in [2.45, 2.75) is 43.6 Å². The van der Waals surface area contributed by atoms with Gasteiger partial charge in [0.25, 0.3) is 10.0 Å². The van der Waals surface area contributed by atoms with E-state index in [-0.39, 0.29) is 16.6 Å². The fraction of sp³-hybridized carbons (Fsp3) is 0.316. The molecule has 1 fully saturated rings. The molecule has 0 spiro atoms. The minimum atomic E-state index is -3.88. The lowest BCUT2D eigenvalue weighted by Crippen LogP contribution is -2.14. The Morgan fingerprint density at radius 3 is 2.38 bits per heavy atom. The molecule has 0 amide bonds. The number of ether oxygens (including phenoxy) is 1. The van der Waals surface area contributed by atoms with E-state index in [4.69, 9.17) is 9.84 Å². The minimum absolute atomic E-state index is 0.0341. The molecule has 0 unspecified atom stereocenters. The van der Waals surface area contributed by atoms with E-state index < -0.39 is 16.0 Å². The van der Waals surface area contributed by atoms with Crippen molar-refractivity contribution in [3.05, 3.63) is 53.6 Å². The molecule has 0 saturated heterocycles. The Morgan fingerprint density at radius 2 is 1.77 bits per heavy atom. The summed E-state index contributed by atoms with van der Waals surface area (Å²) in [6.07, 6.45) is 4.69. The number of hydrogen-bond donors (Lipinski definition) is 2. The smallest absolute Gasteiger partial charge is 0.335 e. The van der Waals surface area contributed by atoms with Gasteiger partial charge in [0.15, 0.2) is 0 Å². The molecule has 6 nitrogen and oxygen atoms in total. The second-order valence-corrected chi connectivity index (χ2v) is 8.12. The Labute approximate surface area is 152 Å². The second kappa shape index (κ2) is 7.37. The molecular weight excluding hydrogens is 354 g/mol. The Hall–Kier alpha value is -2.54. The van der Waals surface area contributed by atoms with E-state index in [1.165, 1.54) is 25.0 Å². The highest BCUT2D eigenvalue weighted by atomic mass is 32.2. The van der Waals surface area contributed by atoms with Crippen molar-refractivity contribution >= 4 is 21.7 Å². The van der Waals surface area contributed by atoms with Crippen molar-refractivity contribution in [1.29, 1.82) is 0 Å². The Balaban J connectivity index is 1.74. The third-order valence-electron chi connectivity index (χ3n) is 4.46. The highest BCUT2D eigenvalue weighted by Crippen LogP contribution is 2.26. The fourth-order valence-electron chi connectivity index (χ4n) is 3.01. The summed E-state index contributed by atoms with van der Waals surface area (Å²) in [4.78, 5) is 11.1. The van der Waals surface area contributed by atoms with Gasteiger partial charge in [0.05, 0.1) is 16.6 Å². The lowest BCUT2D eigenvalue weighted by Gasteiger charge is -2.14. The van der Waals surface area contributed by atoms with E-state index in [0.29, 0.717) is 17.0 Å². The van der Waals surface area contributed by atoms with E-state index >= 15 is 0 Å². The molecule has 0 atom stereocenters. The van der Waals surface area contributed by atoms with E-state index in [2.05, 4.69) is 4.72 Å². The summed E-state index contributed by atoms with van der Waals surface area (Å²) < 4.78 is 33.4.